The first kappa shape index (κ1) is 25.9. The molecule has 0 radical (unpaired) electrons. The van der Waals surface area contributed by atoms with Gasteiger partial charge in [0.2, 0.25) is 11.4 Å². The van der Waals surface area contributed by atoms with E-state index < -0.39 is 47.4 Å². The van der Waals surface area contributed by atoms with Gasteiger partial charge in [-0.15, -0.1) is 0 Å². The molecule has 0 bridgehead atoms. The Morgan fingerprint density at radius 3 is 2.06 bits per heavy atom. The number of aryl methyl sites for hydroxylation is 1. The summed E-state index contributed by atoms with van der Waals surface area (Å²) < 4.78 is 101. The average Bonchev–Trinajstić information content (AvgIpc) is 2.80. The number of fused-ring (bicyclic) bond motifs is 1. The number of pyridine rings is 1. The zero-order chi connectivity index (χ0) is 26.4. The third kappa shape index (κ3) is 5.18. The molecule has 3 atom stereocenters. The van der Waals surface area contributed by atoms with E-state index >= 15 is 0 Å². The topological polar surface area (TPSA) is 33.3 Å². The van der Waals surface area contributed by atoms with Crippen molar-refractivity contribution >= 4 is 0 Å². The van der Waals surface area contributed by atoms with Gasteiger partial charge in [-0.25, -0.2) is 4.39 Å². The van der Waals surface area contributed by atoms with Gasteiger partial charge in [0.1, 0.15) is 5.82 Å². The fourth-order valence-electron chi connectivity index (χ4n) is 4.66. The second-order valence-electron chi connectivity index (χ2n) is 8.91. The second-order valence-corrected chi connectivity index (χ2v) is 8.91. The number of hydrogen-bond acceptors (Lipinski definition) is 2. The molecule has 0 saturated heterocycles. The summed E-state index contributed by atoms with van der Waals surface area (Å²) in [7, 11) is 0. The Balaban J connectivity index is 1.74. The van der Waals surface area contributed by atoms with Crippen LogP contribution in [0.15, 0.2) is 54.6 Å². The predicted molar refractivity (Wildman–Crippen MR) is 115 cm³/mol. The number of hydrogen-bond donors (Lipinski definition) is 1. The lowest BCUT2D eigenvalue weighted by Gasteiger charge is -2.34. The van der Waals surface area contributed by atoms with E-state index in [0.29, 0.717) is 47.5 Å². The van der Waals surface area contributed by atoms with E-state index in [-0.39, 0.29) is 11.6 Å². The molecule has 0 unspecified atom stereocenters. The van der Waals surface area contributed by atoms with E-state index in [1.165, 1.54) is 19.1 Å². The van der Waals surface area contributed by atoms with E-state index in [1.807, 2.05) is 0 Å². The first-order valence-electron chi connectivity index (χ1n) is 11.2. The molecular formula is C26H23F7NO2+. The highest BCUT2D eigenvalue weighted by atomic mass is 19.4. The molecule has 0 spiro atoms. The molecule has 2 aromatic carbocycles. The van der Waals surface area contributed by atoms with Crippen LogP contribution in [0.5, 0.6) is 0 Å². The minimum absolute atomic E-state index is 0.0801. The molecule has 1 N–H and O–H groups in total. The van der Waals surface area contributed by atoms with Crippen LogP contribution in [0.1, 0.15) is 64.6 Å². The van der Waals surface area contributed by atoms with E-state index in [2.05, 4.69) is 0 Å². The highest BCUT2D eigenvalue weighted by Gasteiger charge is 2.40. The standard InChI is InChI=1S/C26H23F7NO2/c1-14-3-8-21-22(34(14)35)9-10-23(24(21)16-4-6-20(27)7-5-16)36-15(2)17-11-18(25(28,29)30)13-19(12-17)26(31,32)33/h3-8,11-13,15,23-24,35H,9-10H2,1-2H3/q+1/t15-,23+,24+/m1/s1. The summed E-state index contributed by atoms with van der Waals surface area (Å²) in [6, 6.07) is 10.5. The predicted octanol–water partition coefficient (Wildman–Crippen LogP) is 6.92. The largest absolute Gasteiger partial charge is 0.416 e. The van der Waals surface area contributed by atoms with Gasteiger partial charge in [-0.3, -0.25) is 5.21 Å². The van der Waals surface area contributed by atoms with Gasteiger partial charge in [0.25, 0.3) is 0 Å². The van der Waals surface area contributed by atoms with Gasteiger partial charge in [-0.1, -0.05) is 12.1 Å². The fraction of sp³-hybridized carbons (Fsp3) is 0.346. The third-order valence-electron chi connectivity index (χ3n) is 6.49. The Hall–Kier alpha value is -3.14. The summed E-state index contributed by atoms with van der Waals surface area (Å²) >= 11 is 0. The molecule has 4 rings (SSSR count). The minimum Gasteiger partial charge on any atom is -0.370 e. The zero-order valence-electron chi connectivity index (χ0n) is 19.3. The van der Waals surface area contributed by atoms with E-state index in [1.54, 1.807) is 31.2 Å². The SMILES string of the molecule is Cc1ccc2c([n+]1O)CC[C@H](O[C@H](C)c1cc(C(F)(F)F)cc(C(F)(F)F)c1)[C@H]2c1ccc(F)cc1. The molecule has 192 valence electrons. The van der Waals surface area contributed by atoms with Gasteiger partial charge in [-0.05, 0) is 60.9 Å². The van der Waals surface area contributed by atoms with Gasteiger partial charge in [0, 0.05) is 35.6 Å². The Labute approximate surface area is 202 Å². The maximum absolute atomic E-state index is 13.6. The highest BCUT2D eigenvalue weighted by Crippen LogP contribution is 2.42. The molecule has 1 aliphatic carbocycles. The third-order valence-corrected chi connectivity index (χ3v) is 6.49. The Morgan fingerprint density at radius 1 is 0.917 bits per heavy atom. The van der Waals surface area contributed by atoms with Crippen LogP contribution in [0.3, 0.4) is 0 Å². The molecule has 1 heterocycles. The summed E-state index contributed by atoms with van der Waals surface area (Å²) in [5.41, 5.74) is -0.580. The number of aromatic nitrogens is 1. The summed E-state index contributed by atoms with van der Waals surface area (Å²) in [6.07, 6.45) is -11.0. The van der Waals surface area contributed by atoms with E-state index in [0.717, 1.165) is 4.73 Å². The molecule has 36 heavy (non-hydrogen) atoms. The van der Waals surface area contributed by atoms with Crippen LogP contribution in [0, 0.1) is 12.7 Å². The maximum Gasteiger partial charge on any atom is 0.416 e. The first-order valence-corrected chi connectivity index (χ1v) is 11.2. The number of nitrogens with zero attached hydrogens (tertiary/aromatic N) is 1. The quantitative estimate of drug-likeness (QED) is 0.233. The number of benzene rings is 2. The van der Waals surface area contributed by atoms with Gasteiger partial charge in [0.05, 0.1) is 23.3 Å². The Kier molecular flexibility index (Phi) is 6.76. The molecule has 1 aliphatic rings. The lowest BCUT2D eigenvalue weighted by atomic mass is 9.78. The van der Waals surface area contributed by atoms with Crippen LogP contribution < -0.4 is 4.73 Å². The van der Waals surface area contributed by atoms with Crippen molar-refractivity contribution in [1.29, 1.82) is 0 Å². The van der Waals surface area contributed by atoms with Gasteiger partial charge >= 0.3 is 12.4 Å². The van der Waals surface area contributed by atoms with E-state index in [4.69, 9.17) is 4.74 Å². The van der Waals surface area contributed by atoms with Gasteiger partial charge in [-0.2, -0.15) is 26.3 Å². The Bertz CT molecular complexity index is 1220. The molecule has 1 aromatic heterocycles. The molecule has 0 amide bonds. The number of halogens is 7. The van der Waals surface area contributed by atoms with Crippen molar-refractivity contribution in [2.24, 2.45) is 0 Å². The number of ether oxygens (including phenoxy) is 1. The average molecular weight is 514 g/mol. The van der Waals surface area contributed by atoms with Crippen LogP contribution in [0.2, 0.25) is 0 Å². The maximum atomic E-state index is 13.6. The van der Waals surface area contributed by atoms with Crippen molar-refractivity contribution in [2.75, 3.05) is 0 Å². The van der Waals surface area contributed by atoms with Gasteiger partial charge < -0.3 is 4.74 Å². The van der Waals surface area contributed by atoms with Crippen molar-refractivity contribution < 1.29 is 45.4 Å². The molecule has 0 fully saturated rings. The monoisotopic (exact) mass is 514 g/mol. The van der Waals surface area contributed by atoms with Crippen molar-refractivity contribution in [3.8, 4) is 0 Å². The molecule has 3 aromatic rings. The van der Waals surface area contributed by atoms with E-state index in [9.17, 15) is 35.9 Å². The van der Waals surface area contributed by atoms with Crippen LogP contribution in [-0.4, -0.2) is 11.3 Å². The number of rotatable bonds is 4. The summed E-state index contributed by atoms with van der Waals surface area (Å²) in [5.74, 6) is -1.01. The lowest BCUT2D eigenvalue weighted by molar-refractivity contribution is -0.914. The Morgan fingerprint density at radius 2 is 1.50 bits per heavy atom. The van der Waals surface area contributed by atoms with Crippen LogP contribution in [-0.2, 0) is 23.5 Å². The summed E-state index contributed by atoms with van der Waals surface area (Å²) in [5, 5.41) is 10.5. The van der Waals surface area contributed by atoms with Crippen LogP contribution in [0.4, 0.5) is 30.7 Å². The molecule has 0 saturated carbocycles. The highest BCUT2D eigenvalue weighted by molar-refractivity contribution is 5.38. The zero-order valence-corrected chi connectivity index (χ0v) is 19.3. The summed E-state index contributed by atoms with van der Waals surface area (Å²) in [4.78, 5) is 0. The minimum atomic E-state index is -4.97. The smallest absolute Gasteiger partial charge is 0.370 e. The molecule has 10 heteroatoms. The molecule has 0 aliphatic heterocycles. The lowest BCUT2D eigenvalue weighted by Crippen LogP contribution is -2.44. The van der Waals surface area contributed by atoms with Gasteiger partial charge in [0.15, 0.2) is 0 Å². The van der Waals surface area contributed by atoms with Crippen molar-refractivity contribution in [3.63, 3.8) is 0 Å². The first-order chi connectivity index (χ1) is 16.8. The summed E-state index contributed by atoms with van der Waals surface area (Å²) in [6.45, 7) is 3.11. The van der Waals surface area contributed by atoms with Crippen molar-refractivity contribution in [2.45, 2.75) is 57.2 Å². The molecular weight excluding hydrogens is 491 g/mol. The normalized spacial score (nSPS) is 19.1. The van der Waals surface area contributed by atoms with Crippen LogP contribution in [0.25, 0.3) is 0 Å². The molecule has 3 nitrogen and oxygen atoms in total. The van der Waals surface area contributed by atoms with Crippen LogP contribution >= 0.6 is 0 Å². The second kappa shape index (κ2) is 9.38. The fourth-order valence-corrected chi connectivity index (χ4v) is 4.66. The number of alkyl halides is 6. The van der Waals surface area contributed by atoms with Crippen molar-refractivity contribution in [1.82, 2.24) is 0 Å². The van der Waals surface area contributed by atoms with Crippen molar-refractivity contribution in [3.05, 3.63) is 99.6 Å².